The third-order valence-corrected chi connectivity index (χ3v) is 4.83. The third kappa shape index (κ3) is 3.87. The fourth-order valence-electron chi connectivity index (χ4n) is 3.29. The zero-order chi connectivity index (χ0) is 20.4. The van der Waals surface area contributed by atoms with Gasteiger partial charge in [0.1, 0.15) is 0 Å². The molecule has 2 heterocycles. The van der Waals surface area contributed by atoms with Gasteiger partial charge in [-0.15, -0.1) is 0 Å². The predicted molar refractivity (Wildman–Crippen MR) is 112 cm³/mol. The molecule has 29 heavy (non-hydrogen) atoms. The summed E-state index contributed by atoms with van der Waals surface area (Å²) in [6, 6.07) is 15.5. The summed E-state index contributed by atoms with van der Waals surface area (Å²) in [5, 5.41) is 4.72. The molecule has 4 aromatic rings. The van der Waals surface area contributed by atoms with Crippen molar-refractivity contribution in [2.24, 2.45) is 0 Å². The fourth-order valence-corrected chi connectivity index (χ4v) is 3.29. The van der Waals surface area contributed by atoms with E-state index in [1.165, 1.54) is 0 Å². The van der Waals surface area contributed by atoms with E-state index in [0.717, 1.165) is 27.4 Å². The van der Waals surface area contributed by atoms with Crippen molar-refractivity contribution >= 4 is 27.9 Å². The first kappa shape index (κ1) is 18.8. The second-order valence-corrected chi connectivity index (χ2v) is 6.88. The number of hydrogen-bond donors (Lipinski definition) is 1. The van der Waals surface area contributed by atoms with Crippen molar-refractivity contribution in [2.45, 2.75) is 13.3 Å². The van der Waals surface area contributed by atoms with Crippen molar-refractivity contribution in [3.05, 3.63) is 65.4 Å². The Morgan fingerprint density at radius 3 is 2.62 bits per heavy atom. The molecule has 0 aliphatic carbocycles. The minimum atomic E-state index is -0.260. The van der Waals surface area contributed by atoms with Gasteiger partial charge in [-0.1, -0.05) is 18.2 Å². The van der Waals surface area contributed by atoms with E-state index in [9.17, 15) is 4.79 Å². The van der Waals surface area contributed by atoms with E-state index in [4.69, 9.17) is 13.9 Å². The average Bonchev–Trinajstić information content (AvgIpc) is 3.14. The number of hydrogen-bond acceptors (Lipinski definition) is 5. The number of rotatable bonds is 6. The minimum Gasteiger partial charge on any atom is -0.493 e. The van der Waals surface area contributed by atoms with Crippen LogP contribution in [0.1, 0.15) is 21.7 Å². The van der Waals surface area contributed by atoms with Crippen LogP contribution in [0.5, 0.6) is 11.5 Å². The Kier molecular flexibility index (Phi) is 5.08. The van der Waals surface area contributed by atoms with E-state index in [1.807, 2.05) is 49.4 Å². The topological polar surface area (TPSA) is 73.6 Å². The third-order valence-electron chi connectivity index (χ3n) is 4.83. The van der Waals surface area contributed by atoms with Crippen LogP contribution in [-0.4, -0.2) is 31.7 Å². The molecule has 0 saturated heterocycles. The number of aryl methyl sites for hydroxylation is 1. The summed E-state index contributed by atoms with van der Waals surface area (Å²) in [5.41, 5.74) is 3.49. The van der Waals surface area contributed by atoms with Crippen molar-refractivity contribution in [3.8, 4) is 11.5 Å². The van der Waals surface area contributed by atoms with Gasteiger partial charge in [0, 0.05) is 17.3 Å². The SMILES string of the molecule is COc1ccc(CCNC(=O)c2cc3cc4ccc(C)cc4nc3o2)cc1OC. The minimum absolute atomic E-state index is 0.256. The standard InChI is InChI=1S/C23H22N2O4/c1-14-4-6-16-12-17-13-21(29-23(17)25-18(16)10-14)22(26)24-9-8-15-5-7-19(27-2)20(11-15)28-3/h4-7,10-13H,8-9H2,1-3H3,(H,24,26). The number of amides is 1. The molecular weight excluding hydrogens is 368 g/mol. The summed E-state index contributed by atoms with van der Waals surface area (Å²) < 4.78 is 16.2. The average molecular weight is 390 g/mol. The molecule has 0 fully saturated rings. The molecule has 0 unspecified atom stereocenters. The summed E-state index contributed by atoms with van der Waals surface area (Å²) in [7, 11) is 3.20. The Bertz CT molecular complexity index is 1200. The van der Waals surface area contributed by atoms with Gasteiger partial charge in [0.2, 0.25) is 5.71 Å². The Hall–Kier alpha value is -3.54. The van der Waals surface area contributed by atoms with Gasteiger partial charge in [-0.05, 0) is 54.8 Å². The van der Waals surface area contributed by atoms with Gasteiger partial charge in [-0.2, -0.15) is 0 Å². The van der Waals surface area contributed by atoms with Crippen molar-refractivity contribution in [3.63, 3.8) is 0 Å². The first-order chi connectivity index (χ1) is 14.1. The maximum atomic E-state index is 12.5. The van der Waals surface area contributed by atoms with Crippen LogP contribution in [0.15, 0.2) is 52.9 Å². The lowest BCUT2D eigenvalue weighted by Gasteiger charge is -2.09. The van der Waals surface area contributed by atoms with Gasteiger partial charge < -0.3 is 19.2 Å². The molecule has 4 rings (SSSR count). The number of benzene rings is 2. The number of carbonyl (C=O) groups excluding carboxylic acids is 1. The van der Waals surface area contributed by atoms with E-state index < -0.39 is 0 Å². The zero-order valence-electron chi connectivity index (χ0n) is 16.6. The second kappa shape index (κ2) is 7.83. The van der Waals surface area contributed by atoms with Gasteiger partial charge in [-0.3, -0.25) is 4.79 Å². The molecule has 0 saturated carbocycles. The van der Waals surface area contributed by atoms with E-state index in [0.29, 0.717) is 30.2 Å². The van der Waals surface area contributed by atoms with Crippen molar-refractivity contribution in [1.29, 1.82) is 0 Å². The first-order valence-corrected chi connectivity index (χ1v) is 9.37. The highest BCUT2D eigenvalue weighted by atomic mass is 16.5. The molecule has 0 aliphatic rings. The highest BCUT2D eigenvalue weighted by Crippen LogP contribution is 2.27. The Labute approximate surface area is 168 Å². The Balaban J connectivity index is 1.45. The molecule has 148 valence electrons. The molecule has 0 aliphatic heterocycles. The number of furan rings is 1. The van der Waals surface area contributed by atoms with Crippen LogP contribution in [0.3, 0.4) is 0 Å². The molecule has 6 heteroatoms. The van der Waals surface area contributed by atoms with Gasteiger partial charge in [-0.25, -0.2) is 4.98 Å². The smallest absolute Gasteiger partial charge is 0.287 e. The molecule has 2 aromatic carbocycles. The van der Waals surface area contributed by atoms with E-state index in [1.54, 1.807) is 20.3 Å². The number of pyridine rings is 1. The molecule has 0 bridgehead atoms. The van der Waals surface area contributed by atoms with Crippen LogP contribution in [-0.2, 0) is 6.42 Å². The number of carbonyl (C=O) groups is 1. The van der Waals surface area contributed by atoms with Gasteiger partial charge in [0.05, 0.1) is 19.7 Å². The number of ether oxygens (including phenoxy) is 2. The maximum absolute atomic E-state index is 12.5. The lowest BCUT2D eigenvalue weighted by atomic mass is 10.1. The zero-order valence-corrected chi connectivity index (χ0v) is 16.6. The second-order valence-electron chi connectivity index (χ2n) is 6.88. The molecule has 6 nitrogen and oxygen atoms in total. The van der Waals surface area contributed by atoms with Gasteiger partial charge >= 0.3 is 0 Å². The number of aromatic nitrogens is 1. The molecule has 0 atom stereocenters. The molecule has 2 aromatic heterocycles. The molecule has 1 amide bonds. The van der Waals surface area contributed by atoms with Gasteiger partial charge in [0.25, 0.3) is 5.91 Å². The highest BCUT2D eigenvalue weighted by Gasteiger charge is 2.14. The quantitative estimate of drug-likeness (QED) is 0.532. The molecular formula is C23H22N2O4. The van der Waals surface area contributed by atoms with E-state index in [-0.39, 0.29) is 11.7 Å². The van der Waals surface area contributed by atoms with Crippen LogP contribution in [0.25, 0.3) is 22.0 Å². The van der Waals surface area contributed by atoms with Crippen LogP contribution >= 0.6 is 0 Å². The normalized spacial score (nSPS) is 11.0. The number of nitrogens with one attached hydrogen (secondary N) is 1. The summed E-state index contributed by atoms with van der Waals surface area (Å²) in [6.45, 7) is 2.49. The molecule has 0 radical (unpaired) electrons. The van der Waals surface area contributed by atoms with Crippen LogP contribution < -0.4 is 14.8 Å². The van der Waals surface area contributed by atoms with E-state index >= 15 is 0 Å². The largest absolute Gasteiger partial charge is 0.493 e. The molecule has 0 spiro atoms. The summed E-state index contributed by atoms with van der Waals surface area (Å²) in [5.74, 6) is 1.34. The fraction of sp³-hybridized carbons (Fsp3) is 0.217. The molecule has 1 N–H and O–H groups in total. The number of nitrogens with zero attached hydrogens (tertiary/aromatic N) is 1. The summed E-state index contributed by atoms with van der Waals surface area (Å²) >= 11 is 0. The van der Waals surface area contributed by atoms with Crippen LogP contribution in [0.4, 0.5) is 0 Å². The van der Waals surface area contributed by atoms with Crippen molar-refractivity contribution in [2.75, 3.05) is 20.8 Å². The predicted octanol–water partition coefficient (Wildman–Crippen LogP) is 4.28. The summed E-state index contributed by atoms with van der Waals surface area (Å²) in [6.07, 6.45) is 0.660. The van der Waals surface area contributed by atoms with E-state index in [2.05, 4.69) is 10.3 Å². The Morgan fingerprint density at radius 1 is 1.00 bits per heavy atom. The Morgan fingerprint density at radius 2 is 1.83 bits per heavy atom. The van der Waals surface area contributed by atoms with Crippen molar-refractivity contribution in [1.82, 2.24) is 10.3 Å². The monoisotopic (exact) mass is 390 g/mol. The maximum Gasteiger partial charge on any atom is 0.287 e. The van der Waals surface area contributed by atoms with Crippen LogP contribution in [0.2, 0.25) is 0 Å². The lowest BCUT2D eigenvalue weighted by Crippen LogP contribution is -2.25. The highest BCUT2D eigenvalue weighted by molar-refractivity contribution is 5.98. The number of fused-ring (bicyclic) bond motifs is 2. The van der Waals surface area contributed by atoms with Crippen LogP contribution in [0, 0.1) is 6.92 Å². The van der Waals surface area contributed by atoms with Crippen molar-refractivity contribution < 1.29 is 18.7 Å². The van der Waals surface area contributed by atoms with Gasteiger partial charge in [0.15, 0.2) is 17.3 Å². The summed E-state index contributed by atoms with van der Waals surface area (Å²) in [4.78, 5) is 17.0. The number of methoxy groups -OCH3 is 2. The lowest BCUT2D eigenvalue weighted by molar-refractivity contribution is 0.0928. The first-order valence-electron chi connectivity index (χ1n) is 9.37.